The maximum absolute atomic E-state index is 11.0. The average Bonchev–Trinajstić information content (AvgIpc) is 2.49. The summed E-state index contributed by atoms with van der Waals surface area (Å²) in [6.07, 6.45) is 3.57. The Balaban J connectivity index is 1.77. The summed E-state index contributed by atoms with van der Waals surface area (Å²) in [4.78, 5) is 13.3. The molecule has 3 rings (SSSR count). The van der Waals surface area contributed by atoms with Crippen molar-refractivity contribution in [3.8, 4) is 0 Å². The highest BCUT2D eigenvalue weighted by atomic mass is 16.4. The van der Waals surface area contributed by atoms with E-state index in [0.29, 0.717) is 0 Å². The zero-order chi connectivity index (χ0) is 14.7. The van der Waals surface area contributed by atoms with Crippen LogP contribution in [0.5, 0.6) is 0 Å². The van der Waals surface area contributed by atoms with Gasteiger partial charge in [-0.2, -0.15) is 0 Å². The van der Waals surface area contributed by atoms with Crippen molar-refractivity contribution in [1.82, 2.24) is 4.90 Å². The summed E-state index contributed by atoms with van der Waals surface area (Å²) in [7, 11) is 0. The van der Waals surface area contributed by atoms with Crippen molar-refractivity contribution in [3.05, 3.63) is 48.0 Å². The van der Waals surface area contributed by atoms with Crippen molar-refractivity contribution in [2.24, 2.45) is 0 Å². The number of aliphatic carboxylic acids is 1. The molecule has 0 aliphatic carbocycles. The minimum absolute atomic E-state index is 0.183. The quantitative estimate of drug-likeness (QED) is 0.930. The summed E-state index contributed by atoms with van der Waals surface area (Å²) < 4.78 is 0. The van der Waals surface area contributed by atoms with Gasteiger partial charge in [0.05, 0.1) is 6.42 Å². The van der Waals surface area contributed by atoms with Gasteiger partial charge in [0.1, 0.15) is 0 Å². The molecule has 1 aliphatic heterocycles. The van der Waals surface area contributed by atoms with Gasteiger partial charge in [-0.3, -0.25) is 9.69 Å². The molecule has 0 bridgehead atoms. The molecule has 0 saturated carbocycles. The number of benzene rings is 2. The fourth-order valence-electron chi connectivity index (χ4n) is 3.27. The molecule has 1 unspecified atom stereocenters. The molecular formula is C18H21NO2. The molecule has 1 heterocycles. The summed E-state index contributed by atoms with van der Waals surface area (Å²) in [6.45, 7) is 1.85. The second-order valence-electron chi connectivity index (χ2n) is 5.90. The van der Waals surface area contributed by atoms with E-state index in [2.05, 4.69) is 47.4 Å². The lowest BCUT2D eigenvalue weighted by molar-refractivity contribution is -0.138. The average molecular weight is 283 g/mol. The number of carbonyl (C=O) groups is 1. The van der Waals surface area contributed by atoms with Gasteiger partial charge in [0, 0.05) is 12.6 Å². The van der Waals surface area contributed by atoms with Gasteiger partial charge in [0.2, 0.25) is 0 Å². The second kappa shape index (κ2) is 6.27. The second-order valence-corrected chi connectivity index (χ2v) is 5.90. The Bertz CT molecular complexity index is 638. The molecule has 1 atom stereocenters. The Labute approximate surface area is 125 Å². The van der Waals surface area contributed by atoms with E-state index in [9.17, 15) is 4.79 Å². The van der Waals surface area contributed by atoms with Crippen molar-refractivity contribution < 1.29 is 9.90 Å². The van der Waals surface area contributed by atoms with Crippen molar-refractivity contribution in [1.29, 1.82) is 0 Å². The predicted octanol–water partition coefficient (Wildman–Crippen LogP) is 3.67. The zero-order valence-corrected chi connectivity index (χ0v) is 12.2. The lowest BCUT2D eigenvalue weighted by Crippen LogP contribution is -2.40. The number of fused-ring (bicyclic) bond motifs is 1. The highest BCUT2D eigenvalue weighted by molar-refractivity contribution is 5.82. The van der Waals surface area contributed by atoms with Crippen LogP contribution in [0, 0.1) is 0 Å². The Morgan fingerprint density at radius 3 is 2.76 bits per heavy atom. The molecule has 2 aromatic rings. The largest absolute Gasteiger partial charge is 0.481 e. The fraction of sp³-hybridized carbons (Fsp3) is 0.389. The van der Waals surface area contributed by atoms with E-state index < -0.39 is 5.97 Å². The Hall–Kier alpha value is -1.87. The number of carboxylic acid groups (broad SMARTS) is 1. The van der Waals surface area contributed by atoms with Crippen LogP contribution >= 0.6 is 0 Å². The van der Waals surface area contributed by atoms with Crippen LogP contribution in [0.4, 0.5) is 0 Å². The molecule has 1 saturated heterocycles. The summed E-state index contributed by atoms with van der Waals surface area (Å²) in [5, 5.41) is 11.6. The maximum Gasteiger partial charge on any atom is 0.304 e. The molecule has 3 nitrogen and oxygen atoms in total. The standard InChI is InChI=1S/C18H21NO2/c20-18(21)12-17-7-3-4-10-19(17)13-14-8-9-15-5-1-2-6-16(15)11-14/h1-2,5-6,8-9,11,17H,3-4,7,10,12-13H2,(H,20,21). The lowest BCUT2D eigenvalue weighted by Gasteiger charge is -2.35. The van der Waals surface area contributed by atoms with Crippen LogP contribution < -0.4 is 0 Å². The number of rotatable bonds is 4. The molecule has 3 heteroatoms. The van der Waals surface area contributed by atoms with Crippen LogP contribution in [0.3, 0.4) is 0 Å². The van der Waals surface area contributed by atoms with Gasteiger partial charge >= 0.3 is 5.97 Å². The van der Waals surface area contributed by atoms with Crippen molar-refractivity contribution in [2.75, 3.05) is 6.54 Å². The third kappa shape index (κ3) is 3.42. The van der Waals surface area contributed by atoms with E-state index in [4.69, 9.17) is 5.11 Å². The molecule has 0 aromatic heterocycles. The van der Waals surface area contributed by atoms with Crippen LogP contribution in [0.1, 0.15) is 31.2 Å². The highest BCUT2D eigenvalue weighted by Crippen LogP contribution is 2.23. The monoisotopic (exact) mass is 283 g/mol. The SMILES string of the molecule is O=C(O)CC1CCCCN1Cc1ccc2ccccc2c1. The summed E-state index contributed by atoms with van der Waals surface area (Å²) >= 11 is 0. The van der Waals surface area contributed by atoms with Crippen LogP contribution in [0.25, 0.3) is 10.8 Å². The van der Waals surface area contributed by atoms with E-state index in [1.807, 2.05) is 0 Å². The Kier molecular flexibility index (Phi) is 4.20. The van der Waals surface area contributed by atoms with Crippen LogP contribution in [-0.4, -0.2) is 28.6 Å². The first-order chi connectivity index (χ1) is 10.2. The van der Waals surface area contributed by atoms with Crippen LogP contribution in [-0.2, 0) is 11.3 Å². The maximum atomic E-state index is 11.0. The Morgan fingerprint density at radius 1 is 1.14 bits per heavy atom. The first kappa shape index (κ1) is 14.1. The number of piperidine rings is 1. The fourth-order valence-corrected chi connectivity index (χ4v) is 3.27. The van der Waals surface area contributed by atoms with Crippen molar-refractivity contribution in [3.63, 3.8) is 0 Å². The molecular weight excluding hydrogens is 262 g/mol. The predicted molar refractivity (Wildman–Crippen MR) is 84.2 cm³/mol. The van der Waals surface area contributed by atoms with E-state index in [-0.39, 0.29) is 12.5 Å². The molecule has 1 aliphatic rings. The van der Waals surface area contributed by atoms with Gasteiger partial charge in [-0.15, -0.1) is 0 Å². The lowest BCUT2D eigenvalue weighted by atomic mass is 9.98. The molecule has 1 fully saturated rings. The van der Waals surface area contributed by atoms with E-state index in [1.165, 1.54) is 22.8 Å². The third-order valence-corrected chi connectivity index (χ3v) is 4.36. The number of hydrogen-bond acceptors (Lipinski definition) is 2. The normalized spacial score (nSPS) is 19.7. The molecule has 110 valence electrons. The number of nitrogens with zero attached hydrogens (tertiary/aromatic N) is 1. The molecule has 2 aromatic carbocycles. The van der Waals surface area contributed by atoms with Crippen molar-refractivity contribution in [2.45, 2.75) is 38.3 Å². The molecule has 1 N–H and O–H groups in total. The van der Waals surface area contributed by atoms with Crippen LogP contribution in [0.2, 0.25) is 0 Å². The van der Waals surface area contributed by atoms with Gasteiger partial charge in [0.25, 0.3) is 0 Å². The molecule has 21 heavy (non-hydrogen) atoms. The first-order valence-corrected chi connectivity index (χ1v) is 7.66. The van der Waals surface area contributed by atoms with E-state index in [1.54, 1.807) is 0 Å². The Morgan fingerprint density at radius 2 is 1.95 bits per heavy atom. The first-order valence-electron chi connectivity index (χ1n) is 7.66. The summed E-state index contributed by atoms with van der Waals surface area (Å²) in [6, 6.07) is 15.1. The third-order valence-electron chi connectivity index (χ3n) is 4.36. The number of carboxylic acids is 1. The highest BCUT2D eigenvalue weighted by Gasteiger charge is 2.24. The van der Waals surface area contributed by atoms with Crippen LogP contribution in [0.15, 0.2) is 42.5 Å². The van der Waals surface area contributed by atoms with Crippen molar-refractivity contribution >= 4 is 16.7 Å². The van der Waals surface area contributed by atoms with E-state index in [0.717, 1.165) is 25.9 Å². The summed E-state index contributed by atoms with van der Waals surface area (Å²) in [5.74, 6) is -0.689. The number of hydrogen-bond donors (Lipinski definition) is 1. The topological polar surface area (TPSA) is 40.5 Å². The van der Waals surface area contributed by atoms with Gasteiger partial charge in [-0.1, -0.05) is 42.8 Å². The van der Waals surface area contributed by atoms with Gasteiger partial charge in [0.15, 0.2) is 0 Å². The smallest absolute Gasteiger partial charge is 0.304 e. The van der Waals surface area contributed by atoms with Gasteiger partial charge in [-0.25, -0.2) is 0 Å². The molecule has 0 amide bonds. The van der Waals surface area contributed by atoms with Gasteiger partial charge < -0.3 is 5.11 Å². The molecule has 0 spiro atoms. The van der Waals surface area contributed by atoms with Gasteiger partial charge in [-0.05, 0) is 41.8 Å². The minimum Gasteiger partial charge on any atom is -0.481 e. The zero-order valence-electron chi connectivity index (χ0n) is 12.2. The van der Waals surface area contributed by atoms with E-state index >= 15 is 0 Å². The summed E-state index contributed by atoms with van der Waals surface area (Å²) in [5.41, 5.74) is 1.27. The minimum atomic E-state index is -0.689. The number of likely N-dealkylation sites (tertiary alicyclic amines) is 1. The molecule has 0 radical (unpaired) electrons.